The van der Waals surface area contributed by atoms with Crippen LogP contribution in [0.2, 0.25) is 0 Å². The van der Waals surface area contributed by atoms with E-state index in [1.807, 2.05) is 11.9 Å². The lowest BCUT2D eigenvalue weighted by atomic mass is 10.1. The summed E-state index contributed by atoms with van der Waals surface area (Å²) in [4.78, 5) is 30.4. The van der Waals surface area contributed by atoms with Gasteiger partial charge < -0.3 is 14.4 Å². The van der Waals surface area contributed by atoms with Gasteiger partial charge in [0.25, 0.3) is 0 Å². The van der Waals surface area contributed by atoms with Crippen molar-refractivity contribution in [2.45, 2.75) is 32.7 Å². The quantitative estimate of drug-likeness (QED) is 0.613. The molecule has 21 heavy (non-hydrogen) atoms. The van der Waals surface area contributed by atoms with Crippen LogP contribution >= 0.6 is 11.3 Å². The molecular formula is C14H20N2O4S. The van der Waals surface area contributed by atoms with Crippen LogP contribution in [0.3, 0.4) is 0 Å². The molecule has 1 aromatic rings. The number of hydrogen-bond acceptors (Lipinski definition) is 7. The fourth-order valence-electron chi connectivity index (χ4n) is 2.26. The molecule has 0 amide bonds. The van der Waals surface area contributed by atoms with E-state index < -0.39 is 5.97 Å². The van der Waals surface area contributed by atoms with Gasteiger partial charge in [-0.25, -0.2) is 9.78 Å². The van der Waals surface area contributed by atoms with Crippen molar-refractivity contribution in [3.8, 4) is 0 Å². The molecule has 1 aliphatic heterocycles. The molecule has 0 bridgehead atoms. The highest BCUT2D eigenvalue weighted by Gasteiger charge is 2.27. The molecule has 0 atom stereocenters. The van der Waals surface area contributed by atoms with Crippen LogP contribution in [0, 0.1) is 0 Å². The number of rotatable bonds is 5. The Kier molecular flexibility index (Phi) is 5.30. The van der Waals surface area contributed by atoms with E-state index in [1.165, 1.54) is 18.3 Å². The Morgan fingerprint density at radius 2 is 2.10 bits per heavy atom. The van der Waals surface area contributed by atoms with Gasteiger partial charge in [0.05, 0.1) is 6.61 Å². The van der Waals surface area contributed by atoms with Gasteiger partial charge in [-0.05, 0) is 19.8 Å². The van der Waals surface area contributed by atoms with E-state index >= 15 is 0 Å². The van der Waals surface area contributed by atoms with Gasteiger partial charge in [0.1, 0.15) is 4.88 Å². The predicted octanol–water partition coefficient (Wildman–Crippen LogP) is 2.14. The van der Waals surface area contributed by atoms with E-state index in [1.54, 1.807) is 6.92 Å². The Hall–Kier alpha value is -1.47. The largest absolute Gasteiger partial charge is 0.461 e. The minimum atomic E-state index is -0.537. The monoisotopic (exact) mass is 312 g/mol. The maximum Gasteiger partial charge on any atom is 0.358 e. The number of ether oxygens (including phenoxy) is 2. The fourth-order valence-corrected chi connectivity index (χ4v) is 3.25. The highest BCUT2D eigenvalue weighted by Crippen LogP contribution is 2.29. The summed E-state index contributed by atoms with van der Waals surface area (Å²) in [5, 5.41) is 0.676. The Morgan fingerprint density at radius 3 is 2.67 bits per heavy atom. The van der Waals surface area contributed by atoms with Crippen LogP contribution in [0.5, 0.6) is 0 Å². The normalized spacial score (nSPS) is 15.8. The van der Waals surface area contributed by atoms with Gasteiger partial charge >= 0.3 is 5.97 Å². The lowest BCUT2D eigenvalue weighted by Gasteiger charge is -2.30. The lowest BCUT2D eigenvalue weighted by Crippen LogP contribution is -2.36. The molecule has 0 aliphatic carbocycles. The fraction of sp³-hybridized carbons (Fsp3) is 0.643. The number of nitrogens with zero attached hydrogens (tertiary/aromatic N) is 2. The average Bonchev–Trinajstić information content (AvgIpc) is 2.93. The molecule has 0 unspecified atom stereocenters. The SMILES string of the molecule is CCOC(=O)c1nc(N(C)C2CCOCC2)sc1C(C)=O. The second-order valence-corrected chi connectivity index (χ2v) is 5.88. The highest BCUT2D eigenvalue weighted by atomic mass is 32.1. The van der Waals surface area contributed by atoms with E-state index in [0.717, 1.165) is 26.1 Å². The molecule has 116 valence electrons. The van der Waals surface area contributed by atoms with Crippen molar-refractivity contribution in [3.05, 3.63) is 10.6 Å². The van der Waals surface area contributed by atoms with Crippen LogP contribution in [-0.2, 0) is 9.47 Å². The molecule has 2 heterocycles. The molecule has 0 spiro atoms. The predicted molar refractivity (Wildman–Crippen MR) is 80.3 cm³/mol. The topological polar surface area (TPSA) is 68.7 Å². The zero-order valence-electron chi connectivity index (χ0n) is 12.5. The van der Waals surface area contributed by atoms with Crippen LogP contribution in [0.25, 0.3) is 0 Å². The van der Waals surface area contributed by atoms with Gasteiger partial charge in [0.2, 0.25) is 0 Å². The van der Waals surface area contributed by atoms with Crippen molar-refractivity contribution in [3.63, 3.8) is 0 Å². The van der Waals surface area contributed by atoms with Crippen LogP contribution in [-0.4, -0.2) is 49.6 Å². The molecule has 1 saturated heterocycles. The zero-order valence-corrected chi connectivity index (χ0v) is 13.4. The number of carbonyl (C=O) groups excluding carboxylic acids is 2. The third-order valence-electron chi connectivity index (χ3n) is 3.44. The van der Waals surface area contributed by atoms with E-state index in [0.29, 0.717) is 16.1 Å². The first-order valence-corrected chi connectivity index (χ1v) is 7.85. The lowest BCUT2D eigenvalue weighted by molar-refractivity contribution is 0.0517. The molecular weight excluding hydrogens is 292 g/mol. The summed E-state index contributed by atoms with van der Waals surface area (Å²) in [5.74, 6) is -0.701. The molecule has 7 heteroatoms. The second kappa shape index (κ2) is 7.00. The average molecular weight is 312 g/mol. The molecule has 0 N–H and O–H groups in total. The maximum absolute atomic E-state index is 11.9. The first kappa shape index (κ1) is 15.9. The van der Waals surface area contributed by atoms with Gasteiger partial charge in [-0.1, -0.05) is 11.3 Å². The van der Waals surface area contributed by atoms with E-state index in [-0.39, 0.29) is 18.1 Å². The molecule has 2 rings (SSSR count). The van der Waals surface area contributed by atoms with Crippen molar-refractivity contribution < 1.29 is 19.1 Å². The van der Waals surface area contributed by atoms with Crippen molar-refractivity contribution >= 4 is 28.2 Å². The number of ketones is 1. The number of thiazole rings is 1. The van der Waals surface area contributed by atoms with Gasteiger partial charge in [0.15, 0.2) is 16.6 Å². The molecule has 1 fully saturated rings. The first-order chi connectivity index (χ1) is 10.0. The van der Waals surface area contributed by atoms with E-state index in [4.69, 9.17) is 9.47 Å². The van der Waals surface area contributed by atoms with Crippen molar-refractivity contribution in [1.82, 2.24) is 4.98 Å². The third kappa shape index (κ3) is 3.59. The number of aromatic nitrogens is 1. The van der Waals surface area contributed by atoms with E-state index in [9.17, 15) is 9.59 Å². The third-order valence-corrected chi connectivity index (χ3v) is 4.69. The number of hydrogen-bond donors (Lipinski definition) is 0. The highest BCUT2D eigenvalue weighted by molar-refractivity contribution is 7.17. The number of anilines is 1. The Morgan fingerprint density at radius 1 is 1.43 bits per heavy atom. The molecule has 6 nitrogen and oxygen atoms in total. The number of Topliss-reactive ketones (excluding diaryl/α,β-unsaturated/α-hetero) is 1. The standard InChI is InChI=1S/C14H20N2O4S/c1-4-20-13(18)11-12(9(2)17)21-14(15-11)16(3)10-5-7-19-8-6-10/h10H,4-8H2,1-3H3. The Labute approximate surface area is 128 Å². The van der Waals surface area contributed by atoms with Crippen LogP contribution in [0.4, 0.5) is 5.13 Å². The van der Waals surface area contributed by atoms with Gasteiger partial charge in [-0.15, -0.1) is 0 Å². The molecule has 0 radical (unpaired) electrons. The minimum Gasteiger partial charge on any atom is -0.461 e. The van der Waals surface area contributed by atoms with Gasteiger partial charge in [-0.2, -0.15) is 0 Å². The van der Waals surface area contributed by atoms with Crippen molar-refractivity contribution in [1.29, 1.82) is 0 Å². The summed E-state index contributed by atoms with van der Waals surface area (Å²) < 4.78 is 10.3. The van der Waals surface area contributed by atoms with Crippen molar-refractivity contribution in [2.75, 3.05) is 31.8 Å². The minimum absolute atomic E-state index is 0.128. The molecule has 0 saturated carbocycles. The molecule has 1 aliphatic rings. The smallest absolute Gasteiger partial charge is 0.358 e. The second-order valence-electron chi connectivity index (χ2n) is 4.91. The van der Waals surface area contributed by atoms with Crippen LogP contribution in [0.15, 0.2) is 0 Å². The maximum atomic E-state index is 11.9. The summed E-state index contributed by atoms with van der Waals surface area (Å²) in [6.45, 7) is 4.88. The Bertz CT molecular complexity index is 523. The number of carbonyl (C=O) groups is 2. The summed E-state index contributed by atoms with van der Waals surface area (Å²) in [6, 6.07) is 0.319. The van der Waals surface area contributed by atoms with Gasteiger partial charge in [-0.3, -0.25) is 4.79 Å². The number of esters is 1. The zero-order chi connectivity index (χ0) is 15.4. The summed E-state index contributed by atoms with van der Waals surface area (Å²) in [7, 11) is 1.94. The van der Waals surface area contributed by atoms with E-state index in [2.05, 4.69) is 4.98 Å². The molecule has 0 aromatic carbocycles. The first-order valence-electron chi connectivity index (χ1n) is 7.04. The summed E-state index contributed by atoms with van der Waals surface area (Å²) in [5.41, 5.74) is 0.128. The van der Waals surface area contributed by atoms with Crippen molar-refractivity contribution in [2.24, 2.45) is 0 Å². The van der Waals surface area contributed by atoms with Crippen LogP contribution < -0.4 is 4.90 Å². The van der Waals surface area contributed by atoms with Crippen LogP contribution in [0.1, 0.15) is 46.8 Å². The summed E-state index contributed by atoms with van der Waals surface area (Å²) >= 11 is 1.25. The van der Waals surface area contributed by atoms with Gasteiger partial charge in [0, 0.05) is 33.2 Å². The molecule has 1 aromatic heterocycles. The Balaban J connectivity index is 2.25. The summed E-state index contributed by atoms with van der Waals surface area (Å²) in [6.07, 6.45) is 1.83.